The predicted octanol–water partition coefficient (Wildman–Crippen LogP) is 1.97. The largest absolute Gasteiger partial charge is 0.497 e. The molecule has 0 aromatic heterocycles. The normalized spacial score (nSPS) is 25.6. The van der Waals surface area contributed by atoms with Crippen molar-refractivity contribution in [2.45, 2.75) is 36.2 Å². The first-order chi connectivity index (χ1) is 19.9. The minimum absolute atomic E-state index is 0.0807. The lowest BCUT2D eigenvalue weighted by molar-refractivity contribution is -0.117. The van der Waals surface area contributed by atoms with E-state index in [0.29, 0.717) is 5.75 Å². The fourth-order valence-corrected chi connectivity index (χ4v) is 5.58. The number of nitrogens with two attached hydrogens (primary N) is 1. The maximum Gasteiger partial charge on any atom is 0.281 e. The highest BCUT2D eigenvalue weighted by Crippen LogP contribution is 2.38. The van der Waals surface area contributed by atoms with Gasteiger partial charge in [-0.25, -0.2) is 4.39 Å². The molecule has 0 bridgehead atoms. The van der Waals surface area contributed by atoms with Crippen LogP contribution in [0.5, 0.6) is 5.75 Å². The number of hydrogen-bond donors (Lipinski definition) is 3. The van der Waals surface area contributed by atoms with Crippen LogP contribution < -0.4 is 15.8 Å². The van der Waals surface area contributed by atoms with Gasteiger partial charge in [0, 0.05) is 6.54 Å². The molecule has 1 unspecified atom stereocenters. The number of amides is 1. The molecule has 210 valence electrons. The molecule has 0 saturated carbocycles. The molecule has 0 aliphatic carbocycles. The topological polar surface area (TPSA) is 134 Å². The molecule has 1 fully saturated rings. The molecule has 41 heavy (non-hydrogen) atoms. The Morgan fingerprint density at radius 3 is 2.22 bits per heavy atom. The van der Waals surface area contributed by atoms with Crippen LogP contribution in [-0.2, 0) is 15.1 Å². The number of rotatable bonds is 8. The number of halogens is 1. The highest BCUT2D eigenvalue weighted by Gasteiger charge is 2.51. The number of carbonyl (C=O) groups excluding carboxylic acids is 1. The van der Waals surface area contributed by atoms with Crippen molar-refractivity contribution >= 4 is 24.0 Å². The van der Waals surface area contributed by atoms with E-state index in [1.165, 1.54) is 11.2 Å². The molecule has 5 atom stereocenters. The second-order valence-corrected chi connectivity index (χ2v) is 9.94. The van der Waals surface area contributed by atoms with Gasteiger partial charge >= 0.3 is 0 Å². The molecule has 3 aliphatic heterocycles. The van der Waals surface area contributed by atoms with E-state index in [9.17, 15) is 9.90 Å². The first kappa shape index (κ1) is 26.8. The second-order valence-electron chi connectivity index (χ2n) is 9.94. The van der Waals surface area contributed by atoms with Crippen molar-refractivity contribution in [2.75, 3.05) is 13.7 Å². The van der Waals surface area contributed by atoms with Crippen molar-refractivity contribution in [3.05, 3.63) is 102 Å². The van der Waals surface area contributed by atoms with Crippen LogP contribution in [0, 0.1) is 0 Å². The van der Waals surface area contributed by atoms with E-state index in [-0.39, 0.29) is 18.3 Å². The lowest BCUT2D eigenvalue weighted by atomic mass is 9.77. The Bertz CT molecular complexity index is 1460. The van der Waals surface area contributed by atoms with Crippen molar-refractivity contribution in [1.29, 1.82) is 0 Å². The molecule has 0 spiro atoms. The number of aliphatic imine (C=N–C) groups is 3. The summed E-state index contributed by atoms with van der Waals surface area (Å²) in [6.07, 6.45) is -4.20. The van der Waals surface area contributed by atoms with E-state index in [1.54, 1.807) is 7.11 Å². The van der Waals surface area contributed by atoms with Gasteiger partial charge in [0.05, 0.1) is 19.0 Å². The highest BCUT2D eigenvalue weighted by atomic mass is 19.1. The summed E-state index contributed by atoms with van der Waals surface area (Å²) in [4.78, 5) is 25.3. The molecule has 6 rings (SSSR count). The third kappa shape index (κ3) is 4.67. The number of nitrogens with zero attached hydrogens (tertiary/aromatic N) is 4. The lowest BCUT2D eigenvalue weighted by Gasteiger charge is -2.38. The number of amidine groups is 1. The van der Waals surface area contributed by atoms with Crippen LogP contribution in [0.1, 0.15) is 16.7 Å². The third-order valence-electron chi connectivity index (χ3n) is 7.61. The number of ether oxygens (including phenoxy) is 2. The molecule has 4 N–H and O–H groups in total. The summed E-state index contributed by atoms with van der Waals surface area (Å²) >= 11 is 0. The number of hydrogen-bond acceptors (Lipinski definition) is 9. The van der Waals surface area contributed by atoms with E-state index in [0.717, 1.165) is 16.7 Å². The molecule has 3 heterocycles. The molecule has 3 aliphatic rings. The van der Waals surface area contributed by atoms with Crippen molar-refractivity contribution in [3.63, 3.8) is 0 Å². The smallest absolute Gasteiger partial charge is 0.281 e. The number of aliphatic hydroxyl groups is 1. The van der Waals surface area contributed by atoms with Crippen LogP contribution in [0.3, 0.4) is 0 Å². The number of fused-ring (bicyclic) bond motifs is 1. The van der Waals surface area contributed by atoms with Gasteiger partial charge in [-0.1, -0.05) is 72.8 Å². The number of alkyl halides is 1. The standard InChI is InChI=1S/C30H29FN6O4/c1-40-21-14-12-20(13-15-21)30(18-8-4-2-5-9-18,19-10-6-3-7-11-19)34-16-22-25(38)23(31)28(41-22)37-17-33-24-26(37)35-29(32)36-27(24)39/h2-15,17,22-25,28,34,38H,16H2,1H3,(H2,32,36,39)/t22-,23-,24?,25-,28-/m1/s1. The zero-order valence-corrected chi connectivity index (χ0v) is 22.2. The van der Waals surface area contributed by atoms with Gasteiger partial charge in [0.2, 0.25) is 5.96 Å². The van der Waals surface area contributed by atoms with Crippen LogP contribution in [-0.4, -0.2) is 78.4 Å². The van der Waals surface area contributed by atoms with Gasteiger partial charge < -0.3 is 20.3 Å². The van der Waals surface area contributed by atoms with Gasteiger partial charge in [-0.15, -0.1) is 0 Å². The van der Waals surface area contributed by atoms with Gasteiger partial charge in [0.1, 0.15) is 18.0 Å². The van der Waals surface area contributed by atoms with Gasteiger partial charge in [-0.05, 0) is 28.8 Å². The predicted molar refractivity (Wildman–Crippen MR) is 152 cm³/mol. The second kappa shape index (κ2) is 10.8. The SMILES string of the molecule is COc1ccc(C(NC[C@H]2O[C@@H](N3C=NC4C(=O)N=C(N)N=C43)[C@H](F)[C@@H]2O)(c2ccccc2)c2ccccc2)cc1. The number of guanidine groups is 1. The molecule has 1 amide bonds. The zero-order chi connectivity index (χ0) is 28.6. The minimum atomic E-state index is -1.81. The summed E-state index contributed by atoms with van der Waals surface area (Å²) in [5.41, 5.74) is 7.58. The van der Waals surface area contributed by atoms with Gasteiger partial charge in [-0.3, -0.25) is 20.0 Å². The minimum Gasteiger partial charge on any atom is -0.497 e. The monoisotopic (exact) mass is 556 g/mol. The average Bonchev–Trinajstić information content (AvgIpc) is 3.55. The van der Waals surface area contributed by atoms with E-state index in [2.05, 4.69) is 20.3 Å². The summed E-state index contributed by atoms with van der Waals surface area (Å²) < 4.78 is 27.1. The summed E-state index contributed by atoms with van der Waals surface area (Å²) in [5.74, 6) is 0.00579. The zero-order valence-electron chi connectivity index (χ0n) is 22.2. The highest BCUT2D eigenvalue weighted by molar-refractivity contribution is 6.21. The first-order valence-electron chi connectivity index (χ1n) is 13.2. The summed E-state index contributed by atoms with van der Waals surface area (Å²) in [6, 6.07) is 26.5. The van der Waals surface area contributed by atoms with Crippen molar-refractivity contribution in [2.24, 2.45) is 20.7 Å². The molecule has 10 nitrogen and oxygen atoms in total. The third-order valence-corrected chi connectivity index (χ3v) is 7.61. The number of aliphatic hydroxyl groups excluding tert-OH is 1. The maximum absolute atomic E-state index is 15.6. The molecule has 0 radical (unpaired) electrons. The molecule has 1 saturated heterocycles. The fraction of sp³-hybridized carbons (Fsp3) is 0.267. The van der Waals surface area contributed by atoms with Crippen LogP contribution in [0.2, 0.25) is 0 Å². The van der Waals surface area contributed by atoms with Gasteiger partial charge in [0.15, 0.2) is 24.3 Å². The van der Waals surface area contributed by atoms with E-state index in [1.807, 2.05) is 84.9 Å². The molecule has 11 heteroatoms. The summed E-state index contributed by atoms with van der Waals surface area (Å²) in [6.45, 7) is 0.0807. The first-order valence-corrected chi connectivity index (χ1v) is 13.2. The van der Waals surface area contributed by atoms with Gasteiger partial charge in [0.25, 0.3) is 5.91 Å². The Balaban J connectivity index is 1.33. The average molecular weight is 557 g/mol. The van der Waals surface area contributed by atoms with Crippen molar-refractivity contribution in [3.8, 4) is 5.75 Å². The Morgan fingerprint density at radius 2 is 1.61 bits per heavy atom. The van der Waals surface area contributed by atoms with Crippen LogP contribution in [0.25, 0.3) is 0 Å². The Morgan fingerprint density at radius 1 is 1.00 bits per heavy atom. The Labute approximate surface area is 236 Å². The summed E-state index contributed by atoms with van der Waals surface area (Å²) in [7, 11) is 1.61. The number of methoxy groups -OCH3 is 1. The van der Waals surface area contributed by atoms with Crippen molar-refractivity contribution in [1.82, 2.24) is 10.2 Å². The number of carbonyl (C=O) groups is 1. The van der Waals surface area contributed by atoms with Crippen LogP contribution >= 0.6 is 0 Å². The maximum atomic E-state index is 15.6. The van der Waals surface area contributed by atoms with E-state index >= 15 is 4.39 Å². The Kier molecular flexibility index (Phi) is 7.08. The molecule has 3 aromatic carbocycles. The quantitative estimate of drug-likeness (QED) is 0.361. The Hall–Kier alpha value is -4.45. The molecular weight excluding hydrogens is 527 g/mol. The molecular formula is C30H29FN6O4. The fourth-order valence-electron chi connectivity index (χ4n) is 5.58. The number of nitrogens with one attached hydrogen (secondary N) is 1. The van der Waals surface area contributed by atoms with E-state index < -0.39 is 42.1 Å². The number of benzene rings is 3. The molecule has 3 aromatic rings. The van der Waals surface area contributed by atoms with E-state index in [4.69, 9.17) is 15.2 Å². The lowest BCUT2D eigenvalue weighted by Crippen LogP contribution is -2.49. The van der Waals surface area contributed by atoms with Crippen molar-refractivity contribution < 1.29 is 23.8 Å². The van der Waals surface area contributed by atoms with Crippen LogP contribution in [0.4, 0.5) is 4.39 Å². The summed E-state index contributed by atoms with van der Waals surface area (Å²) in [5, 5.41) is 14.6. The van der Waals surface area contributed by atoms with Gasteiger partial charge in [-0.2, -0.15) is 9.98 Å². The van der Waals surface area contributed by atoms with Crippen LogP contribution in [0.15, 0.2) is 99.9 Å².